The zero-order valence-electron chi connectivity index (χ0n) is 13.3. The summed E-state index contributed by atoms with van der Waals surface area (Å²) in [6.07, 6.45) is -0.443. The molecule has 1 N–H and O–H groups in total. The fraction of sp³-hybridized carbons (Fsp3) is 0.647. The van der Waals surface area contributed by atoms with E-state index in [1.54, 1.807) is 0 Å². The molecule has 0 radical (unpaired) electrons. The minimum atomic E-state index is -0.443. The molecule has 1 aromatic carbocycles. The van der Waals surface area contributed by atoms with Gasteiger partial charge in [0.05, 0.1) is 6.04 Å². The quantitative estimate of drug-likeness (QED) is 0.900. The highest BCUT2D eigenvalue weighted by molar-refractivity contribution is 5.48. The third-order valence-corrected chi connectivity index (χ3v) is 5.11. The number of likely N-dealkylation sites (N-methyl/N-ethyl adjacent to an activating group) is 1. The molecular weight excluding hydrogens is 264 g/mol. The molecule has 4 heteroatoms. The summed E-state index contributed by atoms with van der Waals surface area (Å²) in [6.45, 7) is 12.2. The van der Waals surface area contributed by atoms with Gasteiger partial charge in [-0.2, -0.15) is 0 Å². The van der Waals surface area contributed by atoms with Crippen LogP contribution in [-0.2, 0) is 0 Å². The zero-order valence-corrected chi connectivity index (χ0v) is 13.3. The number of hydrogen-bond donors (Lipinski definition) is 1. The predicted molar refractivity (Wildman–Crippen MR) is 83.8 cm³/mol. The van der Waals surface area contributed by atoms with Crippen LogP contribution in [0.3, 0.4) is 0 Å². The Morgan fingerprint density at radius 2 is 1.90 bits per heavy atom. The Balaban J connectivity index is 1.77. The van der Waals surface area contributed by atoms with Crippen molar-refractivity contribution in [2.75, 3.05) is 39.3 Å². The Hall–Kier alpha value is -1.10. The molecule has 1 saturated heterocycles. The van der Waals surface area contributed by atoms with Gasteiger partial charge in [-0.25, -0.2) is 0 Å². The molecule has 0 aromatic heterocycles. The summed E-state index contributed by atoms with van der Waals surface area (Å²) in [4.78, 5) is 4.84. The van der Waals surface area contributed by atoms with Gasteiger partial charge in [0.1, 0.15) is 18.5 Å². The van der Waals surface area contributed by atoms with Gasteiger partial charge in [0.25, 0.3) is 0 Å². The molecule has 2 aliphatic rings. The topological polar surface area (TPSA) is 35.9 Å². The van der Waals surface area contributed by atoms with Gasteiger partial charge < -0.3 is 14.7 Å². The average Bonchev–Trinajstić information content (AvgIpc) is 2.52. The van der Waals surface area contributed by atoms with Crippen LogP contribution in [-0.4, -0.2) is 60.3 Å². The van der Waals surface area contributed by atoms with Gasteiger partial charge in [-0.1, -0.05) is 19.1 Å². The largest absolute Gasteiger partial charge is 0.491 e. The summed E-state index contributed by atoms with van der Waals surface area (Å²) in [5, 5.41) is 10.8. The number of aliphatic hydroxyl groups excluding tert-OH is 1. The first-order chi connectivity index (χ1) is 10.1. The summed E-state index contributed by atoms with van der Waals surface area (Å²) in [5.74, 6) is 0.894. The molecule has 1 fully saturated rings. The Morgan fingerprint density at radius 3 is 2.57 bits per heavy atom. The monoisotopic (exact) mass is 290 g/mol. The minimum absolute atomic E-state index is 0.0820. The minimum Gasteiger partial charge on any atom is -0.491 e. The summed E-state index contributed by atoms with van der Waals surface area (Å²) in [6, 6.07) is 4.19. The van der Waals surface area contributed by atoms with Crippen molar-refractivity contribution in [1.29, 1.82) is 0 Å². The van der Waals surface area contributed by atoms with Gasteiger partial charge in [-0.15, -0.1) is 0 Å². The molecule has 2 aliphatic heterocycles. The highest BCUT2D eigenvalue weighted by Crippen LogP contribution is 2.38. The lowest BCUT2D eigenvalue weighted by atomic mass is 9.93. The highest BCUT2D eigenvalue weighted by Gasteiger charge is 2.35. The molecule has 3 rings (SSSR count). The lowest BCUT2D eigenvalue weighted by molar-refractivity contribution is -0.0167. The van der Waals surface area contributed by atoms with Crippen molar-refractivity contribution in [1.82, 2.24) is 9.80 Å². The molecular formula is C17H26N2O2. The Bertz CT molecular complexity index is 510. The molecule has 0 saturated carbocycles. The molecule has 116 valence electrons. The summed E-state index contributed by atoms with van der Waals surface area (Å²) in [5.41, 5.74) is 3.32. The molecule has 1 aromatic rings. The summed E-state index contributed by atoms with van der Waals surface area (Å²) in [7, 11) is 0. The number of fused-ring (bicyclic) bond motifs is 1. The SMILES string of the molecule is CCN1CCN(C2COc3c(ccc(C)c3C)C2O)CC1. The van der Waals surface area contributed by atoms with Crippen molar-refractivity contribution in [3.05, 3.63) is 28.8 Å². The van der Waals surface area contributed by atoms with Crippen molar-refractivity contribution < 1.29 is 9.84 Å². The van der Waals surface area contributed by atoms with Crippen LogP contribution in [0.1, 0.15) is 29.7 Å². The van der Waals surface area contributed by atoms with Gasteiger partial charge in [-0.3, -0.25) is 4.90 Å². The van der Waals surface area contributed by atoms with E-state index in [0.717, 1.165) is 49.6 Å². The van der Waals surface area contributed by atoms with Crippen molar-refractivity contribution in [2.24, 2.45) is 0 Å². The zero-order chi connectivity index (χ0) is 15.0. The van der Waals surface area contributed by atoms with Crippen LogP contribution < -0.4 is 4.74 Å². The van der Waals surface area contributed by atoms with E-state index in [1.165, 1.54) is 5.56 Å². The first kappa shape index (κ1) is 14.8. The fourth-order valence-electron chi connectivity index (χ4n) is 3.42. The molecule has 2 unspecified atom stereocenters. The van der Waals surface area contributed by atoms with E-state index in [1.807, 2.05) is 6.07 Å². The van der Waals surface area contributed by atoms with Crippen molar-refractivity contribution in [3.8, 4) is 5.75 Å². The lowest BCUT2D eigenvalue weighted by Crippen LogP contribution is -2.54. The number of piperazine rings is 1. The van der Waals surface area contributed by atoms with Crippen LogP contribution in [0.25, 0.3) is 0 Å². The second-order valence-electron chi connectivity index (χ2n) is 6.22. The van der Waals surface area contributed by atoms with Crippen LogP contribution in [0.2, 0.25) is 0 Å². The second kappa shape index (κ2) is 5.95. The van der Waals surface area contributed by atoms with Gasteiger partial charge in [0.2, 0.25) is 0 Å². The van der Waals surface area contributed by atoms with E-state index < -0.39 is 6.10 Å². The number of aryl methyl sites for hydroxylation is 1. The smallest absolute Gasteiger partial charge is 0.128 e. The molecule has 0 bridgehead atoms. The van der Waals surface area contributed by atoms with Gasteiger partial charge in [0, 0.05) is 31.7 Å². The van der Waals surface area contributed by atoms with E-state index in [9.17, 15) is 5.11 Å². The van der Waals surface area contributed by atoms with Crippen molar-refractivity contribution in [2.45, 2.75) is 32.9 Å². The normalized spacial score (nSPS) is 27.2. The van der Waals surface area contributed by atoms with E-state index in [4.69, 9.17) is 4.74 Å². The highest BCUT2D eigenvalue weighted by atomic mass is 16.5. The predicted octanol–water partition coefficient (Wildman–Crippen LogP) is 1.74. The third kappa shape index (κ3) is 2.68. The van der Waals surface area contributed by atoms with Crippen molar-refractivity contribution >= 4 is 0 Å². The summed E-state index contributed by atoms with van der Waals surface area (Å²) >= 11 is 0. The second-order valence-corrected chi connectivity index (χ2v) is 6.22. The number of aliphatic hydroxyl groups is 1. The van der Waals surface area contributed by atoms with Crippen LogP contribution in [0.5, 0.6) is 5.75 Å². The van der Waals surface area contributed by atoms with E-state index >= 15 is 0 Å². The number of nitrogens with zero attached hydrogens (tertiary/aromatic N) is 2. The van der Waals surface area contributed by atoms with Crippen molar-refractivity contribution in [3.63, 3.8) is 0 Å². The first-order valence-corrected chi connectivity index (χ1v) is 7.99. The van der Waals surface area contributed by atoms with Crippen LogP contribution in [0.15, 0.2) is 12.1 Å². The van der Waals surface area contributed by atoms with Gasteiger partial charge in [0.15, 0.2) is 0 Å². The summed E-state index contributed by atoms with van der Waals surface area (Å²) < 4.78 is 6.01. The molecule has 4 nitrogen and oxygen atoms in total. The number of benzene rings is 1. The Morgan fingerprint density at radius 1 is 1.19 bits per heavy atom. The molecule has 2 atom stereocenters. The van der Waals surface area contributed by atoms with Crippen LogP contribution >= 0.6 is 0 Å². The lowest BCUT2D eigenvalue weighted by Gasteiger charge is -2.43. The fourth-order valence-corrected chi connectivity index (χ4v) is 3.42. The third-order valence-electron chi connectivity index (χ3n) is 5.11. The van der Waals surface area contributed by atoms with E-state index in [0.29, 0.717) is 6.61 Å². The maximum absolute atomic E-state index is 10.8. The van der Waals surface area contributed by atoms with Crippen LogP contribution in [0, 0.1) is 13.8 Å². The Kier molecular flexibility index (Phi) is 4.20. The standard InChI is InChI=1S/C17H26N2O2/c1-4-18-7-9-19(10-8-18)15-11-21-17-13(3)12(2)5-6-14(17)16(15)20/h5-6,15-16,20H,4,7-11H2,1-3H3. The number of rotatable bonds is 2. The average molecular weight is 290 g/mol. The molecule has 0 spiro atoms. The van der Waals surface area contributed by atoms with Gasteiger partial charge in [-0.05, 0) is 31.5 Å². The van der Waals surface area contributed by atoms with Crippen LogP contribution in [0.4, 0.5) is 0 Å². The number of ether oxygens (including phenoxy) is 1. The molecule has 0 aliphatic carbocycles. The van der Waals surface area contributed by atoms with Gasteiger partial charge >= 0.3 is 0 Å². The molecule has 2 heterocycles. The van der Waals surface area contributed by atoms with E-state index in [2.05, 4.69) is 36.6 Å². The first-order valence-electron chi connectivity index (χ1n) is 7.99. The molecule has 0 amide bonds. The van der Waals surface area contributed by atoms with E-state index in [-0.39, 0.29) is 6.04 Å². The maximum Gasteiger partial charge on any atom is 0.128 e. The molecule has 21 heavy (non-hydrogen) atoms. The maximum atomic E-state index is 10.8. The number of hydrogen-bond acceptors (Lipinski definition) is 4. The Labute approximate surface area is 127 Å².